The summed E-state index contributed by atoms with van der Waals surface area (Å²) in [5.41, 5.74) is 1.25. The number of halogens is 1. The number of aromatic nitrogens is 1. The summed E-state index contributed by atoms with van der Waals surface area (Å²) < 4.78 is 0. The molecular weight excluding hydrogens is 314 g/mol. The number of carbonyl (C=O) groups is 2. The Labute approximate surface area is 139 Å². The summed E-state index contributed by atoms with van der Waals surface area (Å²) in [4.78, 5) is 28.7. The van der Waals surface area contributed by atoms with Gasteiger partial charge in [-0.15, -0.1) is 0 Å². The van der Waals surface area contributed by atoms with E-state index in [9.17, 15) is 9.59 Å². The van der Waals surface area contributed by atoms with Crippen molar-refractivity contribution >= 4 is 34.3 Å². The van der Waals surface area contributed by atoms with Crippen LogP contribution >= 0.6 is 11.6 Å². The zero-order valence-electron chi connectivity index (χ0n) is 12.9. The molecule has 23 heavy (non-hydrogen) atoms. The van der Waals surface area contributed by atoms with E-state index in [2.05, 4.69) is 16.9 Å². The van der Waals surface area contributed by atoms with Gasteiger partial charge in [-0.1, -0.05) is 25.1 Å². The van der Waals surface area contributed by atoms with E-state index < -0.39 is 0 Å². The molecule has 1 saturated heterocycles. The van der Waals surface area contributed by atoms with Crippen LogP contribution < -0.4 is 5.32 Å². The van der Waals surface area contributed by atoms with Crippen LogP contribution in [0.5, 0.6) is 0 Å². The first-order chi connectivity index (χ1) is 10.9. The highest BCUT2D eigenvalue weighted by molar-refractivity contribution is 6.35. The van der Waals surface area contributed by atoms with E-state index in [1.165, 1.54) is 6.08 Å². The molecule has 0 saturated carbocycles. The molecule has 2 heterocycles. The Morgan fingerprint density at radius 3 is 2.87 bits per heavy atom. The quantitative estimate of drug-likeness (QED) is 0.846. The van der Waals surface area contributed by atoms with Crippen LogP contribution in [0.15, 0.2) is 37.1 Å². The van der Waals surface area contributed by atoms with Crippen molar-refractivity contribution < 1.29 is 9.59 Å². The number of hydrogen-bond donors (Lipinski definition) is 2. The van der Waals surface area contributed by atoms with Crippen LogP contribution in [0.25, 0.3) is 10.9 Å². The minimum absolute atomic E-state index is 0.0690. The topological polar surface area (TPSA) is 65.2 Å². The van der Waals surface area contributed by atoms with Crippen LogP contribution in [-0.4, -0.2) is 41.3 Å². The third-order valence-corrected chi connectivity index (χ3v) is 4.54. The molecule has 0 spiro atoms. The van der Waals surface area contributed by atoms with Crippen LogP contribution in [0.1, 0.15) is 17.3 Å². The van der Waals surface area contributed by atoms with Crippen molar-refractivity contribution in [1.29, 1.82) is 0 Å². The van der Waals surface area contributed by atoms with Crippen LogP contribution in [0.2, 0.25) is 5.02 Å². The number of H-pyrrole nitrogens is 1. The van der Waals surface area contributed by atoms with E-state index >= 15 is 0 Å². The van der Waals surface area contributed by atoms with E-state index in [4.69, 9.17) is 11.6 Å². The molecule has 1 aromatic heterocycles. The highest BCUT2D eigenvalue weighted by Crippen LogP contribution is 2.30. The van der Waals surface area contributed by atoms with E-state index in [1.807, 2.05) is 13.0 Å². The van der Waals surface area contributed by atoms with Crippen molar-refractivity contribution in [1.82, 2.24) is 15.2 Å². The second kappa shape index (κ2) is 5.74. The first-order valence-electron chi connectivity index (χ1n) is 7.39. The maximum atomic E-state index is 12.5. The van der Waals surface area contributed by atoms with Crippen LogP contribution in [0, 0.1) is 5.41 Å². The SMILES string of the molecule is C=CC(=O)N1CC(C)(CNC(=O)c2ccc(Cl)c3[nH]ccc23)C1. The summed E-state index contributed by atoms with van der Waals surface area (Å²) in [7, 11) is 0. The van der Waals surface area contributed by atoms with Crippen LogP contribution in [0.3, 0.4) is 0 Å². The molecular formula is C17H18ClN3O2. The van der Waals surface area contributed by atoms with Gasteiger partial charge in [0.05, 0.1) is 10.5 Å². The first kappa shape index (κ1) is 15.6. The van der Waals surface area contributed by atoms with Gasteiger partial charge < -0.3 is 15.2 Å². The van der Waals surface area contributed by atoms with E-state index in [0.717, 1.165) is 10.9 Å². The van der Waals surface area contributed by atoms with Crippen LogP contribution in [0.4, 0.5) is 0 Å². The molecule has 2 N–H and O–H groups in total. The molecule has 1 aromatic carbocycles. The molecule has 0 bridgehead atoms. The molecule has 1 aliphatic rings. The molecule has 0 aliphatic carbocycles. The molecule has 2 amide bonds. The van der Waals surface area contributed by atoms with Gasteiger partial charge in [0, 0.05) is 42.2 Å². The monoisotopic (exact) mass is 331 g/mol. The molecule has 1 fully saturated rings. The average Bonchev–Trinajstić information content (AvgIpc) is 3.00. The number of nitrogens with one attached hydrogen (secondary N) is 2. The van der Waals surface area contributed by atoms with Gasteiger partial charge in [0.15, 0.2) is 0 Å². The summed E-state index contributed by atoms with van der Waals surface area (Å²) in [6.45, 7) is 7.29. The van der Waals surface area contributed by atoms with Gasteiger partial charge in [0.25, 0.3) is 5.91 Å². The molecule has 0 atom stereocenters. The second-order valence-corrected chi connectivity index (χ2v) is 6.66. The Morgan fingerprint density at radius 1 is 1.43 bits per heavy atom. The fourth-order valence-electron chi connectivity index (χ4n) is 2.98. The lowest BCUT2D eigenvalue weighted by Crippen LogP contribution is -2.60. The number of amides is 2. The maximum absolute atomic E-state index is 12.5. The molecule has 2 aromatic rings. The van der Waals surface area contributed by atoms with E-state index in [1.54, 1.807) is 23.2 Å². The number of benzene rings is 1. The third-order valence-electron chi connectivity index (χ3n) is 4.22. The first-order valence-corrected chi connectivity index (χ1v) is 7.76. The van der Waals surface area contributed by atoms with E-state index in [-0.39, 0.29) is 17.2 Å². The summed E-state index contributed by atoms with van der Waals surface area (Å²) in [6, 6.07) is 5.28. The number of likely N-dealkylation sites (tertiary alicyclic amines) is 1. The van der Waals surface area contributed by atoms with Crippen molar-refractivity contribution in [2.24, 2.45) is 5.41 Å². The van der Waals surface area contributed by atoms with Crippen molar-refractivity contribution in [3.05, 3.63) is 47.6 Å². The molecule has 6 heteroatoms. The Morgan fingerprint density at radius 2 is 2.17 bits per heavy atom. The molecule has 120 valence electrons. The number of hydrogen-bond acceptors (Lipinski definition) is 2. The highest BCUT2D eigenvalue weighted by Gasteiger charge is 2.40. The van der Waals surface area contributed by atoms with Gasteiger partial charge in [-0.05, 0) is 24.3 Å². The van der Waals surface area contributed by atoms with Gasteiger partial charge in [-0.25, -0.2) is 0 Å². The standard InChI is InChI=1S/C17H18ClN3O2/c1-3-14(22)21-9-17(2,10-21)8-20-16(23)12-4-5-13(18)15-11(12)6-7-19-15/h3-7,19H,1,8-10H2,2H3,(H,20,23). The summed E-state index contributed by atoms with van der Waals surface area (Å²) in [6.07, 6.45) is 3.08. The predicted molar refractivity (Wildman–Crippen MR) is 90.5 cm³/mol. The minimum Gasteiger partial charge on any atom is -0.360 e. The Balaban J connectivity index is 1.66. The van der Waals surface area contributed by atoms with E-state index in [0.29, 0.717) is 30.2 Å². The Bertz CT molecular complexity index is 790. The molecule has 3 rings (SSSR count). The van der Waals surface area contributed by atoms with Crippen molar-refractivity contribution in [3.8, 4) is 0 Å². The normalized spacial score (nSPS) is 16.0. The number of fused-ring (bicyclic) bond motifs is 1. The second-order valence-electron chi connectivity index (χ2n) is 6.25. The van der Waals surface area contributed by atoms with Gasteiger partial charge in [-0.3, -0.25) is 9.59 Å². The lowest BCUT2D eigenvalue weighted by Gasteiger charge is -2.47. The number of rotatable bonds is 4. The zero-order valence-corrected chi connectivity index (χ0v) is 13.6. The van der Waals surface area contributed by atoms with Gasteiger partial charge in [0.2, 0.25) is 5.91 Å². The smallest absolute Gasteiger partial charge is 0.251 e. The Kier molecular flexibility index (Phi) is 3.90. The maximum Gasteiger partial charge on any atom is 0.251 e. The largest absolute Gasteiger partial charge is 0.360 e. The molecule has 1 aliphatic heterocycles. The van der Waals surface area contributed by atoms with Crippen molar-refractivity contribution in [3.63, 3.8) is 0 Å². The van der Waals surface area contributed by atoms with Crippen molar-refractivity contribution in [2.45, 2.75) is 6.92 Å². The van der Waals surface area contributed by atoms with Gasteiger partial charge in [0.1, 0.15) is 0 Å². The van der Waals surface area contributed by atoms with Gasteiger partial charge in [-0.2, -0.15) is 0 Å². The van der Waals surface area contributed by atoms with Gasteiger partial charge >= 0.3 is 0 Å². The fourth-order valence-corrected chi connectivity index (χ4v) is 3.20. The lowest BCUT2D eigenvalue weighted by atomic mass is 9.81. The average molecular weight is 332 g/mol. The number of aromatic amines is 1. The third kappa shape index (κ3) is 2.84. The summed E-state index contributed by atoms with van der Waals surface area (Å²) in [5.74, 6) is -0.207. The molecule has 0 unspecified atom stereocenters. The minimum atomic E-state index is -0.138. The fraction of sp³-hybridized carbons (Fsp3) is 0.294. The predicted octanol–water partition coefficient (Wildman–Crippen LogP) is 2.59. The molecule has 5 nitrogen and oxygen atoms in total. The zero-order chi connectivity index (χ0) is 16.6. The highest BCUT2D eigenvalue weighted by atomic mass is 35.5. The summed E-state index contributed by atoms with van der Waals surface area (Å²) in [5, 5.41) is 4.35. The van der Waals surface area contributed by atoms with Crippen LogP contribution in [-0.2, 0) is 4.79 Å². The number of carbonyl (C=O) groups excluding carboxylic acids is 2. The number of nitrogens with zero attached hydrogens (tertiary/aromatic N) is 1. The van der Waals surface area contributed by atoms with Crippen molar-refractivity contribution in [2.75, 3.05) is 19.6 Å². The summed E-state index contributed by atoms with van der Waals surface area (Å²) >= 11 is 6.11. The molecule has 0 radical (unpaired) electrons. The Hall–Kier alpha value is -2.27. The lowest BCUT2D eigenvalue weighted by molar-refractivity contribution is -0.136.